The summed E-state index contributed by atoms with van der Waals surface area (Å²) in [5, 5.41) is 25.9. The van der Waals surface area contributed by atoms with E-state index in [0.717, 1.165) is 11.1 Å². The van der Waals surface area contributed by atoms with Crippen molar-refractivity contribution in [3.63, 3.8) is 0 Å². The SMILES string of the molecule is CC(NCCc1ccc(S(N)(=O)=O)cc1)C(=O)NCc1ccccc1.O=C(O)C(=O)O. The third-order valence-electron chi connectivity index (χ3n) is 4.00. The lowest BCUT2D eigenvalue weighted by atomic mass is 10.1. The number of carboxylic acid groups (broad SMARTS) is 2. The molecule has 2 rings (SSSR count). The molecule has 10 nitrogen and oxygen atoms in total. The highest BCUT2D eigenvalue weighted by atomic mass is 32.2. The molecule has 0 spiro atoms. The predicted molar refractivity (Wildman–Crippen MR) is 113 cm³/mol. The van der Waals surface area contributed by atoms with Gasteiger partial charge in [0.25, 0.3) is 0 Å². The molecule has 1 unspecified atom stereocenters. The van der Waals surface area contributed by atoms with Gasteiger partial charge in [0.2, 0.25) is 15.9 Å². The van der Waals surface area contributed by atoms with Crippen LogP contribution in [-0.2, 0) is 37.4 Å². The molecule has 0 fully saturated rings. The average molecular weight is 452 g/mol. The van der Waals surface area contributed by atoms with Gasteiger partial charge in [0.1, 0.15) is 0 Å². The molecule has 168 valence electrons. The van der Waals surface area contributed by atoms with Crippen molar-refractivity contribution in [2.45, 2.75) is 30.8 Å². The van der Waals surface area contributed by atoms with Crippen molar-refractivity contribution in [3.05, 3.63) is 65.7 Å². The van der Waals surface area contributed by atoms with Gasteiger partial charge in [-0.05, 0) is 43.1 Å². The van der Waals surface area contributed by atoms with E-state index in [9.17, 15) is 13.2 Å². The van der Waals surface area contributed by atoms with Crippen molar-refractivity contribution in [1.82, 2.24) is 10.6 Å². The Morgan fingerprint density at radius 3 is 1.97 bits per heavy atom. The lowest BCUT2D eigenvalue weighted by Gasteiger charge is -2.14. The molecular formula is C20H25N3O7S. The summed E-state index contributed by atoms with van der Waals surface area (Å²) in [7, 11) is -3.66. The van der Waals surface area contributed by atoms with Crippen molar-refractivity contribution in [1.29, 1.82) is 0 Å². The molecule has 0 aliphatic heterocycles. The van der Waals surface area contributed by atoms with E-state index in [0.29, 0.717) is 19.5 Å². The van der Waals surface area contributed by atoms with Crippen LogP contribution in [0.3, 0.4) is 0 Å². The van der Waals surface area contributed by atoms with E-state index in [4.69, 9.17) is 24.9 Å². The number of aliphatic carboxylic acids is 2. The Hall–Kier alpha value is -3.28. The van der Waals surface area contributed by atoms with E-state index in [1.54, 1.807) is 12.1 Å². The normalized spacial score (nSPS) is 11.5. The molecule has 0 aromatic heterocycles. The predicted octanol–water partition coefficient (Wildman–Crippen LogP) is 0.327. The summed E-state index contributed by atoms with van der Waals surface area (Å²) in [5.41, 5.74) is 2.02. The number of carbonyl (C=O) groups is 3. The number of nitrogens with two attached hydrogens (primary N) is 1. The van der Waals surface area contributed by atoms with Gasteiger partial charge in [0, 0.05) is 6.54 Å². The molecule has 0 aliphatic carbocycles. The van der Waals surface area contributed by atoms with E-state index in [1.807, 2.05) is 37.3 Å². The zero-order valence-electron chi connectivity index (χ0n) is 16.8. The minimum atomic E-state index is -3.66. The smallest absolute Gasteiger partial charge is 0.414 e. The van der Waals surface area contributed by atoms with Crippen LogP contribution in [0, 0.1) is 0 Å². The van der Waals surface area contributed by atoms with Crippen LogP contribution in [0.5, 0.6) is 0 Å². The van der Waals surface area contributed by atoms with Crippen molar-refractivity contribution in [2.24, 2.45) is 5.14 Å². The van der Waals surface area contributed by atoms with Gasteiger partial charge >= 0.3 is 11.9 Å². The zero-order chi connectivity index (χ0) is 23.4. The number of benzene rings is 2. The topological polar surface area (TPSA) is 176 Å². The Balaban J connectivity index is 0.000000703. The van der Waals surface area contributed by atoms with Gasteiger partial charge in [0.15, 0.2) is 0 Å². The first-order chi connectivity index (χ1) is 14.5. The molecule has 0 bridgehead atoms. The van der Waals surface area contributed by atoms with Gasteiger partial charge in [-0.1, -0.05) is 42.5 Å². The summed E-state index contributed by atoms with van der Waals surface area (Å²) < 4.78 is 22.4. The van der Waals surface area contributed by atoms with E-state index >= 15 is 0 Å². The van der Waals surface area contributed by atoms with Gasteiger partial charge in [-0.25, -0.2) is 23.1 Å². The van der Waals surface area contributed by atoms with Crippen molar-refractivity contribution >= 4 is 27.9 Å². The minimum absolute atomic E-state index is 0.0616. The average Bonchev–Trinajstić information content (AvgIpc) is 2.72. The molecule has 2 aromatic rings. The quantitative estimate of drug-likeness (QED) is 0.357. The maximum Gasteiger partial charge on any atom is 0.414 e. The fourth-order valence-electron chi connectivity index (χ4n) is 2.31. The number of rotatable bonds is 8. The number of hydrogen-bond acceptors (Lipinski definition) is 6. The fourth-order valence-corrected chi connectivity index (χ4v) is 2.83. The number of carboxylic acids is 2. The molecule has 0 radical (unpaired) electrons. The molecule has 0 saturated heterocycles. The van der Waals surface area contributed by atoms with Crippen LogP contribution >= 0.6 is 0 Å². The van der Waals surface area contributed by atoms with Gasteiger partial charge < -0.3 is 20.8 Å². The molecule has 6 N–H and O–H groups in total. The third-order valence-corrected chi connectivity index (χ3v) is 4.93. The van der Waals surface area contributed by atoms with Crippen LogP contribution in [-0.4, -0.2) is 49.1 Å². The first kappa shape index (κ1) is 25.8. The number of carbonyl (C=O) groups excluding carboxylic acids is 1. The molecule has 0 saturated carbocycles. The van der Waals surface area contributed by atoms with Crippen LogP contribution in [0.4, 0.5) is 0 Å². The Morgan fingerprint density at radius 2 is 1.48 bits per heavy atom. The van der Waals surface area contributed by atoms with Gasteiger partial charge in [0.05, 0.1) is 10.9 Å². The number of amides is 1. The second-order valence-corrected chi connectivity index (χ2v) is 7.99. The second-order valence-electron chi connectivity index (χ2n) is 6.43. The first-order valence-corrected chi connectivity index (χ1v) is 10.7. The Labute approximate surface area is 180 Å². The third kappa shape index (κ3) is 10.3. The van der Waals surface area contributed by atoms with E-state index in [1.165, 1.54) is 12.1 Å². The maximum atomic E-state index is 12.1. The molecule has 0 heterocycles. The summed E-state index contributed by atoms with van der Waals surface area (Å²) in [6.07, 6.45) is 0.682. The Bertz CT molecular complexity index is 966. The van der Waals surface area contributed by atoms with Crippen molar-refractivity contribution in [2.75, 3.05) is 6.54 Å². The Kier molecular flexibility index (Phi) is 10.3. The van der Waals surface area contributed by atoms with Crippen LogP contribution in [0.2, 0.25) is 0 Å². The van der Waals surface area contributed by atoms with Gasteiger partial charge in [-0.15, -0.1) is 0 Å². The van der Waals surface area contributed by atoms with Crippen LogP contribution in [0.1, 0.15) is 18.1 Å². The minimum Gasteiger partial charge on any atom is -0.473 e. The van der Waals surface area contributed by atoms with Crippen LogP contribution < -0.4 is 15.8 Å². The van der Waals surface area contributed by atoms with Gasteiger partial charge in [-0.2, -0.15) is 0 Å². The molecule has 11 heteroatoms. The highest BCUT2D eigenvalue weighted by Crippen LogP contribution is 2.09. The van der Waals surface area contributed by atoms with E-state index in [2.05, 4.69) is 10.6 Å². The molecule has 31 heavy (non-hydrogen) atoms. The number of primary sulfonamides is 1. The summed E-state index contributed by atoms with van der Waals surface area (Å²) >= 11 is 0. The monoisotopic (exact) mass is 451 g/mol. The maximum absolute atomic E-state index is 12.1. The molecular weight excluding hydrogens is 426 g/mol. The summed E-state index contributed by atoms with van der Waals surface area (Å²) in [6, 6.07) is 15.8. The largest absolute Gasteiger partial charge is 0.473 e. The molecule has 1 amide bonds. The number of sulfonamides is 1. The van der Waals surface area contributed by atoms with Crippen molar-refractivity contribution < 1.29 is 33.0 Å². The lowest BCUT2D eigenvalue weighted by molar-refractivity contribution is -0.159. The summed E-state index contributed by atoms with van der Waals surface area (Å²) in [6.45, 7) is 2.92. The Morgan fingerprint density at radius 1 is 0.935 bits per heavy atom. The summed E-state index contributed by atoms with van der Waals surface area (Å²) in [5.74, 6) is -3.71. The van der Waals surface area contributed by atoms with Crippen molar-refractivity contribution in [3.8, 4) is 0 Å². The standard InChI is InChI=1S/C18H23N3O3S.C2H2O4/c1-14(18(22)21-13-16-5-3-2-4-6-16)20-12-11-15-7-9-17(10-8-15)25(19,23)24;3-1(4)2(5)6/h2-10,14,20H,11-13H2,1H3,(H,21,22)(H2,19,23,24);(H,3,4)(H,5,6). The summed E-state index contributed by atoms with van der Waals surface area (Å²) in [4.78, 5) is 30.4. The highest BCUT2D eigenvalue weighted by Gasteiger charge is 2.11. The molecule has 2 aromatic carbocycles. The van der Waals surface area contributed by atoms with Crippen LogP contribution in [0.25, 0.3) is 0 Å². The molecule has 1 atom stereocenters. The van der Waals surface area contributed by atoms with E-state index in [-0.39, 0.29) is 16.8 Å². The lowest BCUT2D eigenvalue weighted by Crippen LogP contribution is -2.42. The number of hydrogen-bond donors (Lipinski definition) is 5. The number of nitrogens with one attached hydrogen (secondary N) is 2. The van der Waals surface area contributed by atoms with Crippen LogP contribution in [0.15, 0.2) is 59.5 Å². The van der Waals surface area contributed by atoms with Gasteiger partial charge in [-0.3, -0.25) is 4.79 Å². The first-order valence-electron chi connectivity index (χ1n) is 9.13. The molecule has 0 aliphatic rings. The second kappa shape index (κ2) is 12.4. The fraction of sp³-hybridized carbons (Fsp3) is 0.250. The zero-order valence-corrected chi connectivity index (χ0v) is 17.6. The van der Waals surface area contributed by atoms with E-state index < -0.39 is 22.0 Å². The highest BCUT2D eigenvalue weighted by molar-refractivity contribution is 7.89.